The third kappa shape index (κ3) is 6.41. The number of carboxylic acids is 1. The molecule has 0 aliphatic heterocycles. The van der Waals surface area contributed by atoms with Crippen molar-refractivity contribution in [2.45, 2.75) is 26.2 Å². The van der Waals surface area contributed by atoms with E-state index in [0.717, 1.165) is 35.2 Å². The second kappa shape index (κ2) is 11.6. The van der Waals surface area contributed by atoms with Gasteiger partial charge < -0.3 is 14.7 Å². The Hall–Kier alpha value is -3.67. The highest BCUT2D eigenvalue weighted by atomic mass is 19.1. The van der Waals surface area contributed by atoms with E-state index in [1.807, 2.05) is 30.3 Å². The molecule has 0 saturated heterocycles. The van der Waals surface area contributed by atoms with E-state index in [4.69, 9.17) is 14.7 Å². The number of aliphatic carboxylic acids is 1. The van der Waals surface area contributed by atoms with Gasteiger partial charge in [0, 0.05) is 5.56 Å². The third-order valence-electron chi connectivity index (χ3n) is 4.80. The first-order valence-electron chi connectivity index (χ1n) is 10.5. The molecule has 0 saturated carbocycles. The molecule has 0 fully saturated rings. The maximum atomic E-state index is 14.3. The Bertz CT molecular complexity index is 1050. The molecule has 3 aromatic carbocycles. The highest BCUT2D eigenvalue weighted by Crippen LogP contribution is 2.22. The standard InChI is InChI=1S/C26H26FNO4/c1-2-7-23(21-14-12-20(13-15-21)19-8-4-3-5-9-19)28-32-17-16-31-24-11-6-10-22(26(24)27)18-25(29)30/h3-6,8-15H,2,7,16-18H2,1H3,(H,29,30). The quantitative estimate of drug-likeness (QED) is 0.238. The Morgan fingerprint density at radius 2 is 1.66 bits per heavy atom. The molecule has 1 N–H and O–H groups in total. The van der Waals surface area contributed by atoms with E-state index in [-0.39, 0.29) is 24.5 Å². The number of carboxylic acid groups (broad SMARTS) is 1. The van der Waals surface area contributed by atoms with Gasteiger partial charge in [0.2, 0.25) is 0 Å². The number of ether oxygens (including phenoxy) is 1. The van der Waals surface area contributed by atoms with E-state index < -0.39 is 18.2 Å². The molecule has 0 heterocycles. The van der Waals surface area contributed by atoms with Crippen molar-refractivity contribution < 1.29 is 23.9 Å². The van der Waals surface area contributed by atoms with Gasteiger partial charge in [0.15, 0.2) is 18.2 Å². The van der Waals surface area contributed by atoms with Gasteiger partial charge in [-0.2, -0.15) is 0 Å². The van der Waals surface area contributed by atoms with Crippen molar-refractivity contribution in [3.63, 3.8) is 0 Å². The monoisotopic (exact) mass is 435 g/mol. The Kier molecular flexibility index (Phi) is 8.37. The van der Waals surface area contributed by atoms with Gasteiger partial charge in [-0.15, -0.1) is 0 Å². The first-order chi connectivity index (χ1) is 15.6. The van der Waals surface area contributed by atoms with Gasteiger partial charge >= 0.3 is 5.97 Å². The van der Waals surface area contributed by atoms with Crippen LogP contribution >= 0.6 is 0 Å². The van der Waals surface area contributed by atoms with Gasteiger partial charge in [0.05, 0.1) is 12.1 Å². The molecule has 0 spiro atoms. The molecule has 0 bridgehead atoms. The van der Waals surface area contributed by atoms with Crippen LogP contribution in [0.2, 0.25) is 0 Å². The molecule has 3 rings (SSSR count). The van der Waals surface area contributed by atoms with E-state index in [9.17, 15) is 9.18 Å². The second-order valence-electron chi connectivity index (χ2n) is 7.21. The molecule has 3 aromatic rings. The lowest BCUT2D eigenvalue weighted by Gasteiger charge is -2.10. The number of hydrogen-bond acceptors (Lipinski definition) is 4. The average Bonchev–Trinajstić information content (AvgIpc) is 2.81. The maximum absolute atomic E-state index is 14.3. The zero-order chi connectivity index (χ0) is 22.8. The third-order valence-corrected chi connectivity index (χ3v) is 4.80. The van der Waals surface area contributed by atoms with Crippen LogP contribution in [0.4, 0.5) is 4.39 Å². The zero-order valence-electron chi connectivity index (χ0n) is 18.0. The SMILES string of the molecule is CCCC(=NOCCOc1cccc(CC(=O)O)c1F)c1ccc(-c2ccccc2)cc1. The molecular formula is C26H26FNO4. The topological polar surface area (TPSA) is 68.1 Å². The van der Waals surface area contributed by atoms with Crippen molar-refractivity contribution in [1.82, 2.24) is 0 Å². The van der Waals surface area contributed by atoms with Crippen LogP contribution in [0.1, 0.15) is 30.9 Å². The summed E-state index contributed by atoms with van der Waals surface area (Å²) in [7, 11) is 0. The van der Waals surface area contributed by atoms with Gasteiger partial charge in [-0.05, 0) is 29.2 Å². The van der Waals surface area contributed by atoms with Gasteiger partial charge in [-0.3, -0.25) is 4.79 Å². The largest absolute Gasteiger partial charge is 0.487 e. The van der Waals surface area contributed by atoms with Crippen LogP contribution in [0.15, 0.2) is 78.0 Å². The normalized spacial score (nSPS) is 11.2. The summed E-state index contributed by atoms with van der Waals surface area (Å²) in [6.07, 6.45) is 1.28. The predicted octanol–water partition coefficient (Wildman–Crippen LogP) is 5.72. The Morgan fingerprint density at radius 1 is 0.938 bits per heavy atom. The van der Waals surface area contributed by atoms with Gasteiger partial charge in [-0.25, -0.2) is 4.39 Å². The van der Waals surface area contributed by atoms with E-state index in [0.29, 0.717) is 0 Å². The van der Waals surface area contributed by atoms with Crippen molar-refractivity contribution in [2.75, 3.05) is 13.2 Å². The van der Waals surface area contributed by atoms with Crippen LogP contribution in [-0.2, 0) is 16.1 Å². The molecule has 5 nitrogen and oxygen atoms in total. The number of oxime groups is 1. The van der Waals surface area contributed by atoms with Crippen molar-refractivity contribution in [2.24, 2.45) is 5.16 Å². The summed E-state index contributed by atoms with van der Waals surface area (Å²) in [4.78, 5) is 16.2. The van der Waals surface area contributed by atoms with Crippen LogP contribution < -0.4 is 4.74 Å². The second-order valence-corrected chi connectivity index (χ2v) is 7.21. The fourth-order valence-corrected chi connectivity index (χ4v) is 3.24. The summed E-state index contributed by atoms with van der Waals surface area (Å²) in [5, 5.41) is 13.1. The van der Waals surface area contributed by atoms with Crippen molar-refractivity contribution in [1.29, 1.82) is 0 Å². The van der Waals surface area contributed by atoms with E-state index in [2.05, 4.69) is 36.3 Å². The van der Waals surface area contributed by atoms with Crippen LogP contribution in [0.3, 0.4) is 0 Å². The fraction of sp³-hybridized carbons (Fsp3) is 0.231. The van der Waals surface area contributed by atoms with E-state index in [1.54, 1.807) is 6.07 Å². The molecule has 166 valence electrons. The lowest BCUT2D eigenvalue weighted by atomic mass is 10.0. The summed E-state index contributed by atoms with van der Waals surface area (Å²) in [6.45, 7) is 2.30. The zero-order valence-corrected chi connectivity index (χ0v) is 18.0. The molecule has 6 heteroatoms. The highest BCUT2D eigenvalue weighted by Gasteiger charge is 2.12. The van der Waals surface area contributed by atoms with E-state index >= 15 is 0 Å². The fourth-order valence-electron chi connectivity index (χ4n) is 3.24. The summed E-state index contributed by atoms with van der Waals surface area (Å²) < 4.78 is 19.7. The molecule has 0 unspecified atom stereocenters. The van der Waals surface area contributed by atoms with Gasteiger partial charge in [0.1, 0.15) is 6.61 Å². The lowest BCUT2D eigenvalue weighted by Crippen LogP contribution is -2.09. The smallest absolute Gasteiger partial charge is 0.307 e. The molecule has 0 atom stereocenters. The molecule has 0 aliphatic rings. The Labute approximate surface area is 187 Å². The number of benzene rings is 3. The Balaban J connectivity index is 1.57. The molecular weight excluding hydrogens is 409 g/mol. The minimum Gasteiger partial charge on any atom is -0.487 e. The summed E-state index contributed by atoms with van der Waals surface area (Å²) in [5.41, 5.74) is 4.19. The van der Waals surface area contributed by atoms with Gasteiger partial charge in [-0.1, -0.05) is 85.2 Å². The molecule has 32 heavy (non-hydrogen) atoms. The maximum Gasteiger partial charge on any atom is 0.307 e. The lowest BCUT2D eigenvalue weighted by molar-refractivity contribution is -0.136. The molecule has 0 aliphatic carbocycles. The van der Waals surface area contributed by atoms with Crippen LogP contribution in [0.5, 0.6) is 5.75 Å². The number of carbonyl (C=O) groups is 1. The average molecular weight is 435 g/mol. The van der Waals surface area contributed by atoms with Gasteiger partial charge in [0.25, 0.3) is 0 Å². The predicted molar refractivity (Wildman–Crippen MR) is 123 cm³/mol. The summed E-state index contributed by atoms with van der Waals surface area (Å²) >= 11 is 0. The van der Waals surface area contributed by atoms with Crippen LogP contribution in [0.25, 0.3) is 11.1 Å². The molecule has 0 amide bonds. The van der Waals surface area contributed by atoms with Crippen molar-refractivity contribution >= 4 is 11.7 Å². The summed E-state index contributed by atoms with van der Waals surface area (Å²) in [5.74, 6) is -1.76. The first-order valence-corrected chi connectivity index (χ1v) is 10.5. The number of rotatable bonds is 11. The number of nitrogens with zero attached hydrogens (tertiary/aromatic N) is 1. The van der Waals surface area contributed by atoms with Crippen molar-refractivity contribution in [3.05, 3.63) is 89.7 Å². The first kappa shape index (κ1) is 23.0. The molecule has 0 aromatic heterocycles. The number of halogens is 1. The highest BCUT2D eigenvalue weighted by molar-refractivity contribution is 6.00. The van der Waals surface area contributed by atoms with Crippen LogP contribution in [-0.4, -0.2) is 30.0 Å². The summed E-state index contributed by atoms with van der Waals surface area (Å²) in [6, 6.07) is 22.8. The Morgan fingerprint density at radius 3 is 2.34 bits per heavy atom. The minimum absolute atomic E-state index is 0.00149. The minimum atomic E-state index is -1.10. The van der Waals surface area contributed by atoms with Crippen molar-refractivity contribution in [3.8, 4) is 16.9 Å². The molecule has 0 radical (unpaired) electrons. The van der Waals surface area contributed by atoms with E-state index in [1.165, 1.54) is 12.1 Å². The number of hydrogen-bond donors (Lipinski definition) is 1. The van der Waals surface area contributed by atoms with Crippen LogP contribution in [0, 0.1) is 5.82 Å².